The van der Waals surface area contributed by atoms with E-state index in [0.717, 1.165) is 12.8 Å². The van der Waals surface area contributed by atoms with Crippen LogP contribution in [0, 0.1) is 5.92 Å². The standard InChI is InChI=1S/C13H20N2O4/c16-12(17)10-2-1-6-15(10)13(18)14-9-5-7-19-11(9)8-3-4-8/h8-11H,1-7H2,(H,14,18)(H,16,17)/t9?,10-,11?/m1/s1. The molecule has 0 aromatic heterocycles. The third-order valence-electron chi connectivity index (χ3n) is 4.33. The van der Waals surface area contributed by atoms with E-state index in [0.29, 0.717) is 25.5 Å². The fraction of sp³-hybridized carbons (Fsp3) is 0.846. The molecule has 3 fully saturated rings. The average Bonchev–Trinajstić information content (AvgIpc) is 2.92. The summed E-state index contributed by atoms with van der Waals surface area (Å²) in [7, 11) is 0. The van der Waals surface area contributed by atoms with Gasteiger partial charge in [-0.1, -0.05) is 0 Å². The molecule has 2 saturated heterocycles. The number of hydrogen-bond donors (Lipinski definition) is 2. The van der Waals surface area contributed by atoms with E-state index in [1.54, 1.807) is 0 Å². The molecule has 3 aliphatic rings. The Morgan fingerprint density at radius 2 is 2.00 bits per heavy atom. The Morgan fingerprint density at radius 3 is 2.68 bits per heavy atom. The Morgan fingerprint density at radius 1 is 1.21 bits per heavy atom. The Bertz CT molecular complexity index is 383. The van der Waals surface area contributed by atoms with Crippen molar-refractivity contribution in [3.8, 4) is 0 Å². The van der Waals surface area contributed by atoms with Crippen molar-refractivity contribution in [1.82, 2.24) is 10.2 Å². The van der Waals surface area contributed by atoms with Gasteiger partial charge in [0.1, 0.15) is 6.04 Å². The molecule has 0 aromatic carbocycles. The van der Waals surface area contributed by atoms with E-state index >= 15 is 0 Å². The van der Waals surface area contributed by atoms with E-state index in [9.17, 15) is 9.59 Å². The van der Waals surface area contributed by atoms with Crippen molar-refractivity contribution in [3.63, 3.8) is 0 Å². The molecule has 2 heterocycles. The van der Waals surface area contributed by atoms with Gasteiger partial charge in [0.05, 0.1) is 12.1 Å². The van der Waals surface area contributed by atoms with Gasteiger partial charge in [0.25, 0.3) is 0 Å². The summed E-state index contributed by atoms with van der Waals surface area (Å²) in [5, 5.41) is 12.1. The predicted molar refractivity (Wildman–Crippen MR) is 66.8 cm³/mol. The number of ether oxygens (including phenoxy) is 1. The van der Waals surface area contributed by atoms with Crippen LogP contribution in [0.1, 0.15) is 32.1 Å². The number of carboxylic acid groups (broad SMARTS) is 1. The second-order valence-electron chi connectivity index (χ2n) is 5.71. The number of rotatable bonds is 3. The third kappa shape index (κ3) is 2.54. The van der Waals surface area contributed by atoms with Gasteiger partial charge >= 0.3 is 12.0 Å². The van der Waals surface area contributed by atoms with Crippen LogP contribution < -0.4 is 5.32 Å². The monoisotopic (exact) mass is 268 g/mol. The van der Waals surface area contributed by atoms with Crippen LogP contribution in [-0.4, -0.2) is 53.3 Å². The molecule has 0 spiro atoms. The lowest BCUT2D eigenvalue weighted by molar-refractivity contribution is -0.141. The van der Waals surface area contributed by atoms with Gasteiger partial charge in [0.2, 0.25) is 0 Å². The van der Waals surface area contributed by atoms with Gasteiger partial charge in [0, 0.05) is 13.2 Å². The molecule has 1 aliphatic carbocycles. The van der Waals surface area contributed by atoms with Crippen molar-refractivity contribution < 1.29 is 19.4 Å². The maximum atomic E-state index is 12.2. The third-order valence-corrected chi connectivity index (χ3v) is 4.33. The molecule has 1 saturated carbocycles. The van der Waals surface area contributed by atoms with Crippen molar-refractivity contribution in [2.24, 2.45) is 5.92 Å². The van der Waals surface area contributed by atoms with Crippen LogP contribution in [0.4, 0.5) is 4.79 Å². The zero-order chi connectivity index (χ0) is 13.4. The highest BCUT2D eigenvalue weighted by Crippen LogP contribution is 2.38. The number of carbonyl (C=O) groups is 2. The first-order chi connectivity index (χ1) is 9.16. The minimum atomic E-state index is -0.908. The lowest BCUT2D eigenvalue weighted by atomic mass is 10.1. The molecule has 6 nitrogen and oxygen atoms in total. The first-order valence-corrected chi connectivity index (χ1v) is 7.08. The lowest BCUT2D eigenvalue weighted by Gasteiger charge is -2.26. The van der Waals surface area contributed by atoms with E-state index < -0.39 is 12.0 Å². The van der Waals surface area contributed by atoms with Crippen LogP contribution in [0.25, 0.3) is 0 Å². The summed E-state index contributed by atoms with van der Waals surface area (Å²) in [4.78, 5) is 24.7. The Hall–Kier alpha value is -1.30. The number of carbonyl (C=O) groups excluding carboxylic acids is 1. The van der Waals surface area contributed by atoms with Gasteiger partial charge in [-0.15, -0.1) is 0 Å². The van der Waals surface area contributed by atoms with Crippen LogP contribution in [0.15, 0.2) is 0 Å². The molecule has 19 heavy (non-hydrogen) atoms. The number of urea groups is 1. The molecule has 3 rings (SSSR count). The molecule has 0 aromatic rings. The average molecular weight is 268 g/mol. The van der Waals surface area contributed by atoms with E-state index in [-0.39, 0.29) is 18.2 Å². The topological polar surface area (TPSA) is 78.9 Å². The van der Waals surface area contributed by atoms with Gasteiger partial charge in [0.15, 0.2) is 0 Å². The molecule has 6 heteroatoms. The second kappa shape index (κ2) is 5.00. The number of carboxylic acids is 1. The van der Waals surface area contributed by atoms with Gasteiger partial charge in [-0.25, -0.2) is 9.59 Å². The Kier molecular flexibility index (Phi) is 3.35. The SMILES string of the molecule is O=C(O)[C@H]1CCCN1C(=O)NC1CCOC1C1CC1. The van der Waals surface area contributed by atoms with Crippen LogP contribution in [0.2, 0.25) is 0 Å². The molecule has 2 amide bonds. The fourth-order valence-corrected chi connectivity index (χ4v) is 3.16. The summed E-state index contributed by atoms with van der Waals surface area (Å²) in [6, 6.07) is -0.859. The molecule has 3 atom stereocenters. The van der Waals surface area contributed by atoms with E-state index in [1.807, 2.05) is 0 Å². The van der Waals surface area contributed by atoms with Crippen molar-refractivity contribution in [1.29, 1.82) is 0 Å². The van der Waals surface area contributed by atoms with E-state index in [4.69, 9.17) is 9.84 Å². The maximum absolute atomic E-state index is 12.2. The highest BCUT2D eigenvalue weighted by Gasteiger charge is 2.42. The van der Waals surface area contributed by atoms with Crippen molar-refractivity contribution in [3.05, 3.63) is 0 Å². The van der Waals surface area contributed by atoms with Crippen molar-refractivity contribution in [2.75, 3.05) is 13.2 Å². The van der Waals surface area contributed by atoms with E-state index in [2.05, 4.69) is 5.32 Å². The summed E-state index contributed by atoms with van der Waals surface area (Å²) in [5.41, 5.74) is 0. The van der Waals surface area contributed by atoms with Crippen LogP contribution in [-0.2, 0) is 9.53 Å². The maximum Gasteiger partial charge on any atom is 0.326 e. The summed E-state index contributed by atoms with van der Waals surface area (Å²) in [5.74, 6) is -0.323. The summed E-state index contributed by atoms with van der Waals surface area (Å²) < 4.78 is 5.68. The van der Waals surface area contributed by atoms with Crippen LogP contribution in [0.3, 0.4) is 0 Å². The number of nitrogens with one attached hydrogen (secondary N) is 1. The number of aliphatic carboxylic acids is 1. The number of nitrogens with zero attached hydrogens (tertiary/aromatic N) is 1. The molecular formula is C13H20N2O4. The summed E-state index contributed by atoms with van der Waals surface area (Å²) >= 11 is 0. The molecule has 2 N–H and O–H groups in total. The zero-order valence-electron chi connectivity index (χ0n) is 10.9. The normalized spacial score (nSPS) is 34.5. The number of likely N-dealkylation sites (tertiary alicyclic amines) is 1. The first-order valence-electron chi connectivity index (χ1n) is 7.08. The van der Waals surface area contributed by atoms with Crippen LogP contribution >= 0.6 is 0 Å². The minimum absolute atomic E-state index is 0.0510. The number of amides is 2. The predicted octanol–water partition coefficient (Wildman–Crippen LogP) is 0.812. The second-order valence-corrected chi connectivity index (χ2v) is 5.71. The van der Waals surface area contributed by atoms with Gasteiger partial charge < -0.3 is 20.1 Å². The zero-order valence-corrected chi connectivity index (χ0v) is 10.9. The first kappa shape index (κ1) is 12.7. The van der Waals surface area contributed by atoms with Gasteiger partial charge in [-0.3, -0.25) is 0 Å². The van der Waals surface area contributed by atoms with Crippen LogP contribution in [0.5, 0.6) is 0 Å². The molecule has 0 radical (unpaired) electrons. The van der Waals surface area contributed by atoms with Gasteiger partial charge in [-0.2, -0.15) is 0 Å². The smallest absolute Gasteiger partial charge is 0.326 e. The molecule has 2 unspecified atom stereocenters. The summed E-state index contributed by atoms with van der Waals surface area (Å²) in [6.45, 7) is 1.22. The molecule has 2 aliphatic heterocycles. The largest absolute Gasteiger partial charge is 0.480 e. The molecule has 0 bridgehead atoms. The van der Waals surface area contributed by atoms with Crippen molar-refractivity contribution >= 4 is 12.0 Å². The van der Waals surface area contributed by atoms with E-state index in [1.165, 1.54) is 17.7 Å². The summed E-state index contributed by atoms with van der Waals surface area (Å²) in [6.07, 6.45) is 4.64. The highest BCUT2D eigenvalue weighted by molar-refractivity contribution is 5.83. The molecular weight excluding hydrogens is 248 g/mol. The Balaban J connectivity index is 1.59. The Labute approximate surface area is 112 Å². The molecule has 106 valence electrons. The lowest BCUT2D eigenvalue weighted by Crippen LogP contribution is -2.51. The minimum Gasteiger partial charge on any atom is -0.480 e. The quantitative estimate of drug-likeness (QED) is 0.794. The highest BCUT2D eigenvalue weighted by atomic mass is 16.5. The fourth-order valence-electron chi connectivity index (χ4n) is 3.16. The van der Waals surface area contributed by atoms with Crippen molar-refractivity contribution in [2.45, 2.75) is 50.3 Å². The number of hydrogen-bond acceptors (Lipinski definition) is 3. The van der Waals surface area contributed by atoms with Gasteiger partial charge in [-0.05, 0) is 38.0 Å².